The molecule has 0 unspecified atom stereocenters. The van der Waals surface area contributed by atoms with Gasteiger partial charge in [0.15, 0.2) is 0 Å². The van der Waals surface area contributed by atoms with Gasteiger partial charge in [-0.05, 0) is 74.0 Å². The zero-order chi connectivity index (χ0) is 16.9. The molecule has 2 aliphatic carbocycles. The van der Waals surface area contributed by atoms with Crippen molar-refractivity contribution in [3.63, 3.8) is 0 Å². The molecule has 1 aromatic rings. The van der Waals surface area contributed by atoms with E-state index in [2.05, 4.69) is 26.0 Å². The van der Waals surface area contributed by atoms with E-state index in [9.17, 15) is 4.79 Å². The molecule has 24 heavy (non-hydrogen) atoms. The van der Waals surface area contributed by atoms with Gasteiger partial charge >= 0.3 is 5.97 Å². The third kappa shape index (κ3) is 4.40. The molecule has 0 radical (unpaired) electrons. The molecule has 2 nitrogen and oxygen atoms in total. The monoisotopic (exact) mass is 328 g/mol. The van der Waals surface area contributed by atoms with Crippen LogP contribution in [0.15, 0.2) is 24.3 Å². The van der Waals surface area contributed by atoms with Crippen molar-refractivity contribution >= 4 is 5.97 Å². The van der Waals surface area contributed by atoms with Gasteiger partial charge in [-0.1, -0.05) is 45.2 Å². The van der Waals surface area contributed by atoms with Gasteiger partial charge in [0, 0.05) is 0 Å². The summed E-state index contributed by atoms with van der Waals surface area (Å²) in [6.07, 6.45) is 10.8. The standard InChI is InChI=1S/C22H32O2/c1-3-17-6-10-20(11-7-17)22(23)24-21-14-12-19(13-15-21)18-8-4-16(2)5-9-18/h12-18,20H,3-11H2,1-2H3. The third-order valence-corrected chi connectivity index (χ3v) is 6.34. The Morgan fingerprint density at radius 1 is 0.958 bits per heavy atom. The lowest BCUT2D eigenvalue weighted by atomic mass is 9.79. The van der Waals surface area contributed by atoms with E-state index in [1.54, 1.807) is 0 Å². The number of carbonyl (C=O) groups is 1. The molecule has 0 atom stereocenters. The number of hydrogen-bond donors (Lipinski definition) is 0. The summed E-state index contributed by atoms with van der Waals surface area (Å²) < 4.78 is 5.64. The second-order valence-corrected chi connectivity index (χ2v) is 8.07. The van der Waals surface area contributed by atoms with Gasteiger partial charge in [-0.3, -0.25) is 4.79 Å². The Labute approximate surface area is 147 Å². The van der Waals surface area contributed by atoms with Gasteiger partial charge in [0.25, 0.3) is 0 Å². The Bertz CT molecular complexity index is 517. The maximum absolute atomic E-state index is 12.4. The fraction of sp³-hybridized carbons (Fsp3) is 0.682. The number of esters is 1. The van der Waals surface area contributed by atoms with Crippen LogP contribution in [0.2, 0.25) is 0 Å². The quantitative estimate of drug-likeness (QED) is 0.493. The van der Waals surface area contributed by atoms with Crippen LogP contribution in [-0.4, -0.2) is 5.97 Å². The van der Waals surface area contributed by atoms with Crippen LogP contribution in [0.3, 0.4) is 0 Å². The SMILES string of the molecule is CCC1CCC(C(=O)Oc2ccc(C3CCC(C)CC3)cc2)CC1. The van der Waals surface area contributed by atoms with Gasteiger partial charge in [0.1, 0.15) is 5.75 Å². The maximum Gasteiger partial charge on any atom is 0.314 e. The molecule has 0 aliphatic heterocycles. The van der Waals surface area contributed by atoms with Crippen molar-refractivity contribution < 1.29 is 9.53 Å². The van der Waals surface area contributed by atoms with Gasteiger partial charge in [-0.25, -0.2) is 0 Å². The summed E-state index contributed by atoms with van der Waals surface area (Å²) >= 11 is 0. The van der Waals surface area contributed by atoms with Crippen molar-refractivity contribution in [1.82, 2.24) is 0 Å². The molecular formula is C22H32O2. The van der Waals surface area contributed by atoms with Crippen molar-refractivity contribution in [3.8, 4) is 5.75 Å². The lowest BCUT2D eigenvalue weighted by Crippen LogP contribution is -2.25. The molecule has 0 aromatic heterocycles. The summed E-state index contributed by atoms with van der Waals surface area (Å²) in [5.41, 5.74) is 1.41. The molecule has 1 aromatic carbocycles. The highest BCUT2D eigenvalue weighted by molar-refractivity contribution is 5.75. The van der Waals surface area contributed by atoms with Gasteiger partial charge in [-0.2, -0.15) is 0 Å². The first kappa shape index (κ1) is 17.5. The number of hydrogen-bond acceptors (Lipinski definition) is 2. The number of rotatable bonds is 4. The molecular weight excluding hydrogens is 296 g/mol. The largest absolute Gasteiger partial charge is 0.426 e. The molecule has 0 heterocycles. The summed E-state index contributed by atoms with van der Waals surface area (Å²) in [6.45, 7) is 4.60. The van der Waals surface area contributed by atoms with E-state index in [0.29, 0.717) is 11.7 Å². The van der Waals surface area contributed by atoms with Crippen LogP contribution in [0.25, 0.3) is 0 Å². The first-order valence-corrected chi connectivity index (χ1v) is 9.97. The average Bonchev–Trinajstić information content (AvgIpc) is 2.63. The number of ether oxygens (including phenoxy) is 1. The lowest BCUT2D eigenvalue weighted by molar-refractivity contribution is -0.140. The van der Waals surface area contributed by atoms with Crippen LogP contribution >= 0.6 is 0 Å². The van der Waals surface area contributed by atoms with Gasteiger partial charge in [0.2, 0.25) is 0 Å². The summed E-state index contributed by atoms with van der Waals surface area (Å²) in [5, 5.41) is 0. The Balaban J connectivity index is 1.51. The highest BCUT2D eigenvalue weighted by atomic mass is 16.5. The first-order valence-electron chi connectivity index (χ1n) is 9.97. The molecule has 0 saturated heterocycles. The van der Waals surface area contributed by atoms with E-state index < -0.39 is 0 Å². The molecule has 2 aliphatic rings. The van der Waals surface area contributed by atoms with Crippen LogP contribution in [0.5, 0.6) is 5.75 Å². The zero-order valence-corrected chi connectivity index (χ0v) is 15.3. The minimum atomic E-state index is -0.0243. The van der Waals surface area contributed by atoms with Crippen LogP contribution in [0.1, 0.15) is 83.1 Å². The summed E-state index contributed by atoms with van der Waals surface area (Å²) in [5.74, 6) is 3.17. The first-order chi connectivity index (χ1) is 11.7. The minimum absolute atomic E-state index is 0.0243. The molecule has 132 valence electrons. The van der Waals surface area contributed by atoms with E-state index in [1.807, 2.05) is 12.1 Å². The second kappa shape index (κ2) is 8.18. The van der Waals surface area contributed by atoms with E-state index in [0.717, 1.165) is 24.7 Å². The highest BCUT2D eigenvalue weighted by Gasteiger charge is 2.27. The van der Waals surface area contributed by atoms with E-state index in [4.69, 9.17) is 4.74 Å². The van der Waals surface area contributed by atoms with E-state index >= 15 is 0 Å². The lowest BCUT2D eigenvalue weighted by Gasteiger charge is -2.27. The number of benzene rings is 1. The van der Waals surface area contributed by atoms with E-state index in [-0.39, 0.29) is 11.9 Å². The predicted molar refractivity (Wildman–Crippen MR) is 98.2 cm³/mol. The molecule has 0 amide bonds. The second-order valence-electron chi connectivity index (χ2n) is 8.07. The van der Waals surface area contributed by atoms with Gasteiger partial charge in [0.05, 0.1) is 5.92 Å². The predicted octanol–water partition coefficient (Wildman–Crippen LogP) is 6.10. The zero-order valence-electron chi connectivity index (χ0n) is 15.3. The fourth-order valence-electron chi connectivity index (χ4n) is 4.41. The van der Waals surface area contributed by atoms with Crippen LogP contribution in [0.4, 0.5) is 0 Å². The normalized spacial score (nSPS) is 30.8. The summed E-state index contributed by atoms with van der Waals surface area (Å²) in [4.78, 5) is 12.4. The van der Waals surface area contributed by atoms with Crippen molar-refractivity contribution in [2.75, 3.05) is 0 Å². The molecule has 3 rings (SSSR count). The topological polar surface area (TPSA) is 26.3 Å². The molecule has 2 saturated carbocycles. The summed E-state index contributed by atoms with van der Waals surface area (Å²) in [7, 11) is 0. The van der Waals surface area contributed by atoms with Crippen molar-refractivity contribution in [2.24, 2.45) is 17.8 Å². The number of carbonyl (C=O) groups excluding carboxylic acids is 1. The minimum Gasteiger partial charge on any atom is -0.426 e. The van der Waals surface area contributed by atoms with Crippen LogP contribution < -0.4 is 4.74 Å². The Hall–Kier alpha value is -1.31. The average molecular weight is 328 g/mol. The maximum atomic E-state index is 12.4. The van der Waals surface area contributed by atoms with Crippen LogP contribution in [0, 0.1) is 17.8 Å². The third-order valence-electron chi connectivity index (χ3n) is 6.34. The smallest absolute Gasteiger partial charge is 0.314 e. The summed E-state index contributed by atoms with van der Waals surface area (Å²) in [6, 6.07) is 8.31. The van der Waals surface area contributed by atoms with Gasteiger partial charge < -0.3 is 4.74 Å². The highest BCUT2D eigenvalue weighted by Crippen LogP contribution is 2.36. The van der Waals surface area contributed by atoms with E-state index in [1.165, 1.54) is 50.5 Å². The molecule has 2 heteroatoms. The fourth-order valence-corrected chi connectivity index (χ4v) is 4.41. The molecule has 0 bridgehead atoms. The Morgan fingerprint density at radius 3 is 2.17 bits per heavy atom. The Kier molecular flexibility index (Phi) is 5.97. The van der Waals surface area contributed by atoms with Crippen molar-refractivity contribution in [3.05, 3.63) is 29.8 Å². The Morgan fingerprint density at radius 2 is 1.58 bits per heavy atom. The van der Waals surface area contributed by atoms with Crippen molar-refractivity contribution in [1.29, 1.82) is 0 Å². The van der Waals surface area contributed by atoms with Crippen molar-refractivity contribution in [2.45, 2.75) is 77.6 Å². The van der Waals surface area contributed by atoms with Crippen LogP contribution in [-0.2, 0) is 4.79 Å². The molecule has 0 spiro atoms. The molecule has 0 N–H and O–H groups in total. The van der Waals surface area contributed by atoms with Gasteiger partial charge in [-0.15, -0.1) is 0 Å². The molecule has 2 fully saturated rings.